The fourth-order valence-corrected chi connectivity index (χ4v) is 6.37. The van der Waals surface area contributed by atoms with Crippen molar-refractivity contribution in [3.63, 3.8) is 0 Å². The maximum Gasteiger partial charge on any atom is 0.247 e. The number of carbonyl (C=O) groups is 3. The summed E-state index contributed by atoms with van der Waals surface area (Å²) in [5.41, 5.74) is 3.04. The second kappa shape index (κ2) is 8.57. The monoisotopic (exact) mass is 519 g/mol. The lowest BCUT2D eigenvalue weighted by Crippen LogP contribution is -2.46. The molecule has 2 saturated heterocycles. The summed E-state index contributed by atoms with van der Waals surface area (Å²) in [6.45, 7) is 0. The second-order valence-corrected chi connectivity index (χ2v) is 10.3. The van der Waals surface area contributed by atoms with Crippen molar-refractivity contribution < 1.29 is 14.4 Å². The Hall–Kier alpha value is -4.42. The molecule has 1 N–H and O–H groups in total. The maximum absolute atomic E-state index is 14.2. The lowest BCUT2D eigenvalue weighted by Gasteiger charge is -2.35. The molecule has 3 amide bonds. The molecule has 0 radical (unpaired) electrons. The summed E-state index contributed by atoms with van der Waals surface area (Å²) in [7, 11) is 0. The summed E-state index contributed by atoms with van der Waals surface area (Å²) in [5, 5.41) is 5.26. The average Bonchev–Trinajstić information content (AvgIpc) is 3.42. The third-order valence-electron chi connectivity index (χ3n) is 7.85. The zero-order chi connectivity index (χ0) is 26.0. The number of nitrogens with one attached hydrogen (secondary N) is 1. The number of fused-ring (bicyclic) bond motifs is 6. The van der Waals surface area contributed by atoms with E-state index in [9.17, 15) is 14.4 Å². The first kappa shape index (κ1) is 22.8. The van der Waals surface area contributed by atoms with Crippen molar-refractivity contribution in [1.29, 1.82) is 0 Å². The third kappa shape index (κ3) is 3.30. The van der Waals surface area contributed by atoms with E-state index >= 15 is 0 Å². The third-order valence-corrected chi connectivity index (χ3v) is 8.10. The highest BCUT2D eigenvalue weighted by atomic mass is 35.5. The maximum atomic E-state index is 14.2. The SMILES string of the molecule is O=C(Nc1ccc(Cl)cc1)[C@H]1[C@H]2C(=O)N(c3cccc4ccccc34)C(=O)[C@H]2C2c3ccccc3C=CN21. The van der Waals surface area contributed by atoms with Crippen LogP contribution >= 0.6 is 11.6 Å². The van der Waals surface area contributed by atoms with Crippen LogP contribution in [0.5, 0.6) is 0 Å². The molecule has 4 aromatic carbocycles. The number of carbonyl (C=O) groups excluding carboxylic acids is 3. The van der Waals surface area contributed by atoms with Gasteiger partial charge in [0, 0.05) is 22.3 Å². The number of nitrogens with zero attached hydrogens (tertiary/aromatic N) is 2. The molecule has 1 unspecified atom stereocenters. The Bertz CT molecular complexity index is 1660. The summed E-state index contributed by atoms with van der Waals surface area (Å²) in [4.78, 5) is 45.4. The van der Waals surface area contributed by atoms with Crippen molar-refractivity contribution in [3.8, 4) is 0 Å². The van der Waals surface area contributed by atoms with Crippen LogP contribution in [0.4, 0.5) is 11.4 Å². The Morgan fingerprint density at radius 1 is 0.789 bits per heavy atom. The number of amides is 3. The summed E-state index contributed by atoms with van der Waals surface area (Å²) < 4.78 is 0. The fraction of sp³-hybridized carbons (Fsp3) is 0.129. The van der Waals surface area contributed by atoms with Crippen LogP contribution in [-0.4, -0.2) is 28.7 Å². The van der Waals surface area contributed by atoms with Crippen molar-refractivity contribution in [2.75, 3.05) is 10.2 Å². The van der Waals surface area contributed by atoms with E-state index in [0.717, 1.165) is 21.9 Å². The first-order valence-electron chi connectivity index (χ1n) is 12.5. The van der Waals surface area contributed by atoms with Gasteiger partial charge in [-0.2, -0.15) is 0 Å². The van der Waals surface area contributed by atoms with Gasteiger partial charge in [-0.15, -0.1) is 0 Å². The standard InChI is InChI=1S/C31H22ClN3O3/c32-20-12-14-21(15-13-20)33-29(36)28-26-25(27-23-10-4-2-7-19(23)16-17-34(27)28)30(37)35(31(26)38)24-11-5-8-18-6-1-3-9-22(18)24/h1-17,25-28H,(H,33,36)/t25-,26+,27?,28-/m1/s1. The predicted octanol–water partition coefficient (Wildman–Crippen LogP) is 5.65. The van der Waals surface area contributed by atoms with Gasteiger partial charge in [-0.1, -0.05) is 72.3 Å². The Kier molecular flexibility index (Phi) is 5.13. The summed E-state index contributed by atoms with van der Waals surface area (Å²) in [5.74, 6) is -2.51. The Morgan fingerprint density at radius 2 is 1.50 bits per heavy atom. The minimum Gasteiger partial charge on any atom is -0.357 e. The zero-order valence-corrected chi connectivity index (χ0v) is 20.9. The van der Waals surface area contributed by atoms with Gasteiger partial charge in [-0.05, 0) is 52.9 Å². The number of hydrogen-bond acceptors (Lipinski definition) is 4. The van der Waals surface area contributed by atoms with Crippen LogP contribution < -0.4 is 10.2 Å². The van der Waals surface area contributed by atoms with Crippen molar-refractivity contribution in [2.45, 2.75) is 12.1 Å². The van der Waals surface area contributed by atoms with E-state index in [0.29, 0.717) is 16.4 Å². The average molecular weight is 520 g/mol. The van der Waals surface area contributed by atoms with Gasteiger partial charge in [0.15, 0.2) is 0 Å². The number of rotatable bonds is 3. The van der Waals surface area contributed by atoms with Crippen LogP contribution in [-0.2, 0) is 14.4 Å². The molecule has 0 saturated carbocycles. The summed E-state index contributed by atoms with van der Waals surface area (Å²) in [6.07, 6.45) is 3.78. The smallest absolute Gasteiger partial charge is 0.247 e. The lowest BCUT2D eigenvalue weighted by atomic mass is 9.84. The molecule has 2 fully saturated rings. The van der Waals surface area contributed by atoms with Crippen LogP contribution in [0, 0.1) is 11.8 Å². The van der Waals surface area contributed by atoms with Gasteiger partial charge >= 0.3 is 0 Å². The molecule has 4 aromatic rings. The molecule has 38 heavy (non-hydrogen) atoms. The minimum atomic E-state index is -0.860. The zero-order valence-electron chi connectivity index (χ0n) is 20.1. The van der Waals surface area contributed by atoms with Crippen molar-refractivity contribution in [1.82, 2.24) is 4.90 Å². The normalized spacial score (nSPS) is 23.4. The van der Waals surface area contributed by atoms with Crippen LogP contribution in [0.2, 0.25) is 5.02 Å². The first-order chi connectivity index (χ1) is 18.5. The molecule has 4 atom stereocenters. The number of imide groups is 1. The fourth-order valence-electron chi connectivity index (χ4n) is 6.25. The molecule has 3 aliphatic rings. The van der Waals surface area contributed by atoms with Gasteiger partial charge < -0.3 is 10.2 Å². The second-order valence-electron chi connectivity index (χ2n) is 9.84. The predicted molar refractivity (Wildman–Crippen MR) is 147 cm³/mol. The molecule has 0 spiro atoms. The van der Waals surface area contributed by atoms with E-state index in [1.165, 1.54) is 4.90 Å². The van der Waals surface area contributed by atoms with E-state index < -0.39 is 23.9 Å². The van der Waals surface area contributed by atoms with Crippen LogP contribution in [0.15, 0.2) is 97.2 Å². The molecule has 7 rings (SSSR count). The largest absolute Gasteiger partial charge is 0.357 e. The van der Waals surface area contributed by atoms with E-state index in [-0.39, 0.29) is 17.7 Å². The Labute approximate surface area is 224 Å². The molecular weight excluding hydrogens is 498 g/mol. The van der Waals surface area contributed by atoms with E-state index in [1.54, 1.807) is 30.3 Å². The molecule has 6 nitrogen and oxygen atoms in total. The molecular formula is C31H22ClN3O3. The first-order valence-corrected chi connectivity index (χ1v) is 12.9. The van der Waals surface area contributed by atoms with E-state index in [2.05, 4.69) is 5.32 Å². The van der Waals surface area contributed by atoms with Crippen LogP contribution in [0.1, 0.15) is 17.2 Å². The number of benzene rings is 4. The van der Waals surface area contributed by atoms with Crippen molar-refractivity contribution >= 4 is 57.5 Å². The summed E-state index contributed by atoms with van der Waals surface area (Å²) >= 11 is 6.02. The highest BCUT2D eigenvalue weighted by Crippen LogP contribution is 2.53. The molecule has 0 aliphatic carbocycles. The van der Waals surface area contributed by atoms with Gasteiger partial charge in [-0.3, -0.25) is 14.4 Å². The van der Waals surface area contributed by atoms with Crippen LogP contribution in [0.25, 0.3) is 16.8 Å². The van der Waals surface area contributed by atoms with Gasteiger partial charge in [-0.25, -0.2) is 4.90 Å². The van der Waals surface area contributed by atoms with Gasteiger partial charge in [0.1, 0.15) is 6.04 Å². The number of halogens is 1. The van der Waals surface area contributed by atoms with Crippen molar-refractivity contribution in [3.05, 3.63) is 113 Å². The molecule has 0 bridgehead atoms. The van der Waals surface area contributed by atoms with Gasteiger partial charge in [0.25, 0.3) is 0 Å². The number of hydrogen-bond donors (Lipinski definition) is 1. The topological polar surface area (TPSA) is 69.7 Å². The lowest BCUT2D eigenvalue weighted by molar-refractivity contribution is -0.128. The molecule has 186 valence electrons. The Morgan fingerprint density at radius 3 is 2.34 bits per heavy atom. The quantitative estimate of drug-likeness (QED) is 0.355. The van der Waals surface area contributed by atoms with Crippen molar-refractivity contribution in [2.24, 2.45) is 11.8 Å². The van der Waals surface area contributed by atoms with E-state index in [1.807, 2.05) is 77.8 Å². The van der Waals surface area contributed by atoms with E-state index in [4.69, 9.17) is 11.6 Å². The molecule has 3 heterocycles. The number of anilines is 2. The highest BCUT2D eigenvalue weighted by molar-refractivity contribution is 6.30. The molecule has 7 heteroatoms. The van der Waals surface area contributed by atoms with Gasteiger partial charge in [0.05, 0.1) is 23.6 Å². The van der Waals surface area contributed by atoms with Crippen LogP contribution in [0.3, 0.4) is 0 Å². The molecule has 3 aliphatic heterocycles. The molecule has 0 aromatic heterocycles. The minimum absolute atomic E-state index is 0.279. The highest BCUT2D eigenvalue weighted by Gasteiger charge is 2.64. The Balaban J connectivity index is 1.35. The summed E-state index contributed by atoms with van der Waals surface area (Å²) in [6, 6.07) is 26.7. The van der Waals surface area contributed by atoms with Gasteiger partial charge in [0.2, 0.25) is 17.7 Å².